The van der Waals surface area contributed by atoms with Crippen LogP contribution in [-0.2, 0) is 20.4 Å². The van der Waals surface area contributed by atoms with Gasteiger partial charge < -0.3 is 9.64 Å². The molecule has 1 aromatic heterocycles. The van der Waals surface area contributed by atoms with Crippen LogP contribution >= 0.6 is 0 Å². The molecular weight excluding hydrogens is 486 g/mol. The number of benzene rings is 2. The van der Waals surface area contributed by atoms with Crippen LogP contribution in [-0.4, -0.2) is 55.1 Å². The molecule has 0 radical (unpaired) electrons. The van der Waals surface area contributed by atoms with Crippen LogP contribution in [0.5, 0.6) is 0 Å². The van der Waals surface area contributed by atoms with Gasteiger partial charge in [-0.15, -0.1) is 0 Å². The summed E-state index contributed by atoms with van der Waals surface area (Å²) in [6.07, 6.45) is 4.41. The zero-order chi connectivity index (χ0) is 26.6. The van der Waals surface area contributed by atoms with Gasteiger partial charge in [0, 0.05) is 38.4 Å². The van der Waals surface area contributed by atoms with E-state index in [-0.39, 0.29) is 12.1 Å². The van der Waals surface area contributed by atoms with E-state index in [9.17, 15) is 13.2 Å². The maximum atomic E-state index is 13.4. The predicted octanol–water partition coefficient (Wildman–Crippen LogP) is 5.53. The van der Waals surface area contributed by atoms with Crippen molar-refractivity contribution in [3.05, 3.63) is 89.7 Å². The molecular formula is C29H35N3O4S. The summed E-state index contributed by atoms with van der Waals surface area (Å²) in [6, 6.07) is 21.9. The minimum atomic E-state index is -3.26. The molecule has 2 atom stereocenters. The zero-order valence-electron chi connectivity index (χ0n) is 21.9. The van der Waals surface area contributed by atoms with E-state index in [1.807, 2.05) is 56.4 Å². The van der Waals surface area contributed by atoms with Gasteiger partial charge in [0.2, 0.25) is 10.0 Å². The lowest BCUT2D eigenvalue weighted by molar-refractivity contribution is -0.0667. The van der Waals surface area contributed by atoms with E-state index in [0.29, 0.717) is 32.4 Å². The van der Waals surface area contributed by atoms with Gasteiger partial charge in [0.25, 0.3) is 0 Å². The van der Waals surface area contributed by atoms with Crippen LogP contribution in [0.1, 0.15) is 49.0 Å². The van der Waals surface area contributed by atoms with Crippen molar-refractivity contribution in [1.29, 1.82) is 0 Å². The molecule has 0 bridgehead atoms. The predicted molar refractivity (Wildman–Crippen MR) is 145 cm³/mol. The molecule has 2 heterocycles. The van der Waals surface area contributed by atoms with Crippen molar-refractivity contribution in [2.45, 2.75) is 44.8 Å². The molecule has 8 heteroatoms. The highest BCUT2D eigenvalue weighted by Gasteiger charge is 2.43. The van der Waals surface area contributed by atoms with Crippen molar-refractivity contribution in [2.24, 2.45) is 0 Å². The molecule has 0 spiro atoms. The molecule has 37 heavy (non-hydrogen) atoms. The summed E-state index contributed by atoms with van der Waals surface area (Å²) in [4.78, 5) is 19.4. The summed E-state index contributed by atoms with van der Waals surface area (Å²) in [5, 5.41) is 0. The number of rotatable bonds is 9. The first kappa shape index (κ1) is 26.8. The lowest BCUT2D eigenvalue weighted by Crippen LogP contribution is -2.49. The first-order valence-electron chi connectivity index (χ1n) is 12.6. The second-order valence-electron chi connectivity index (χ2n) is 9.84. The maximum absolute atomic E-state index is 13.4. The fourth-order valence-electron chi connectivity index (χ4n) is 4.90. The second kappa shape index (κ2) is 11.0. The molecule has 1 aliphatic heterocycles. The van der Waals surface area contributed by atoms with Crippen molar-refractivity contribution in [2.75, 3.05) is 26.4 Å². The number of carbonyl (C=O) groups excluding carboxylic acids is 1. The second-order valence-corrected chi connectivity index (χ2v) is 11.9. The number of aryl methyl sites for hydroxylation is 1. The molecule has 0 aliphatic carbocycles. The third-order valence-corrected chi connectivity index (χ3v) is 8.60. The molecule has 1 fully saturated rings. The van der Waals surface area contributed by atoms with Gasteiger partial charge in [-0.05, 0) is 61.1 Å². The minimum Gasteiger partial charge on any atom is -0.438 e. The van der Waals surface area contributed by atoms with Gasteiger partial charge in [0.05, 0.1) is 12.3 Å². The zero-order valence-corrected chi connectivity index (χ0v) is 22.7. The van der Waals surface area contributed by atoms with Gasteiger partial charge in [0.1, 0.15) is 5.60 Å². The summed E-state index contributed by atoms with van der Waals surface area (Å²) in [5.74, 6) is 0. The Morgan fingerprint density at radius 2 is 1.78 bits per heavy atom. The molecule has 0 saturated carbocycles. The molecule has 1 unspecified atom stereocenters. The normalized spacial score (nSPS) is 19.1. The van der Waals surface area contributed by atoms with E-state index in [0.717, 1.165) is 27.9 Å². The molecule has 196 valence electrons. The number of aromatic nitrogens is 1. The summed E-state index contributed by atoms with van der Waals surface area (Å²) in [7, 11) is -1.69. The monoisotopic (exact) mass is 521 g/mol. The molecule has 1 aliphatic rings. The van der Waals surface area contributed by atoms with Crippen molar-refractivity contribution in [3.63, 3.8) is 0 Å². The number of sulfonamides is 1. The molecule has 1 amide bonds. The Hall–Kier alpha value is -3.23. The van der Waals surface area contributed by atoms with Gasteiger partial charge in [-0.25, -0.2) is 17.5 Å². The molecule has 2 aromatic carbocycles. The first-order chi connectivity index (χ1) is 17.6. The molecule has 0 N–H and O–H groups in total. The fraction of sp³-hybridized carbons (Fsp3) is 0.379. The Kier molecular flexibility index (Phi) is 7.99. The number of pyridine rings is 1. The number of cyclic esters (lactones) is 1. The SMILES string of the molecule is Cc1cc(-c2ccc([C@H](C)N3CCC(CCCN(C)S(C)(=O)=O)(c4ccccc4)OC3=O)cc2)ccn1. The highest BCUT2D eigenvalue weighted by atomic mass is 32.2. The van der Waals surface area contributed by atoms with Crippen molar-refractivity contribution in [1.82, 2.24) is 14.2 Å². The number of amides is 1. The Morgan fingerprint density at radius 3 is 2.41 bits per heavy atom. The number of carbonyl (C=O) groups is 1. The lowest BCUT2D eigenvalue weighted by Gasteiger charge is -2.43. The molecule has 4 rings (SSSR count). The van der Waals surface area contributed by atoms with E-state index in [1.54, 1.807) is 11.9 Å². The minimum absolute atomic E-state index is 0.147. The van der Waals surface area contributed by atoms with Crippen LogP contribution in [0.15, 0.2) is 72.9 Å². The highest BCUT2D eigenvalue weighted by Crippen LogP contribution is 2.40. The highest BCUT2D eigenvalue weighted by molar-refractivity contribution is 7.88. The third-order valence-electron chi connectivity index (χ3n) is 7.28. The lowest BCUT2D eigenvalue weighted by atomic mass is 9.84. The number of hydrogen-bond acceptors (Lipinski definition) is 5. The standard InChI is InChI=1S/C29H35N3O4S/c1-22-21-26(15-18-30-22)25-13-11-24(12-14-25)23(2)32-20-17-29(36-28(32)33,27-9-6-5-7-10-27)16-8-19-31(3)37(4,34)35/h5-7,9-15,18,21,23H,8,16-17,19-20H2,1-4H3/t23-,29?/m0/s1. The topological polar surface area (TPSA) is 79.8 Å². The van der Waals surface area contributed by atoms with E-state index in [4.69, 9.17) is 4.74 Å². The van der Waals surface area contributed by atoms with Crippen LogP contribution < -0.4 is 0 Å². The maximum Gasteiger partial charge on any atom is 0.411 e. The third kappa shape index (κ3) is 6.19. The Balaban J connectivity index is 1.49. The quantitative estimate of drug-likeness (QED) is 0.370. The van der Waals surface area contributed by atoms with E-state index >= 15 is 0 Å². The smallest absolute Gasteiger partial charge is 0.411 e. The van der Waals surface area contributed by atoms with Crippen LogP contribution in [0.4, 0.5) is 4.79 Å². The number of hydrogen-bond donors (Lipinski definition) is 0. The summed E-state index contributed by atoms with van der Waals surface area (Å²) < 4.78 is 31.2. The van der Waals surface area contributed by atoms with Gasteiger partial charge in [-0.2, -0.15) is 0 Å². The first-order valence-corrected chi connectivity index (χ1v) is 14.4. The number of ether oxygens (including phenoxy) is 1. The Morgan fingerprint density at radius 1 is 1.08 bits per heavy atom. The average Bonchev–Trinajstić information content (AvgIpc) is 2.88. The fourth-order valence-corrected chi connectivity index (χ4v) is 5.36. The van der Waals surface area contributed by atoms with E-state index in [2.05, 4.69) is 35.3 Å². The van der Waals surface area contributed by atoms with E-state index in [1.165, 1.54) is 10.6 Å². The summed E-state index contributed by atoms with van der Waals surface area (Å²) in [6.45, 7) is 4.90. The largest absolute Gasteiger partial charge is 0.438 e. The van der Waals surface area contributed by atoms with Crippen molar-refractivity contribution >= 4 is 16.1 Å². The number of nitrogens with zero attached hydrogens (tertiary/aromatic N) is 3. The molecule has 3 aromatic rings. The Bertz CT molecular complexity index is 1330. The molecule has 1 saturated heterocycles. The van der Waals surface area contributed by atoms with Crippen LogP contribution in [0.2, 0.25) is 0 Å². The molecule has 7 nitrogen and oxygen atoms in total. The van der Waals surface area contributed by atoms with Gasteiger partial charge >= 0.3 is 6.09 Å². The summed E-state index contributed by atoms with van der Waals surface area (Å²) >= 11 is 0. The van der Waals surface area contributed by atoms with Crippen LogP contribution in [0.25, 0.3) is 11.1 Å². The average molecular weight is 522 g/mol. The van der Waals surface area contributed by atoms with Gasteiger partial charge in [-0.3, -0.25) is 4.98 Å². The van der Waals surface area contributed by atoms with Gasteiger partial charge in [0.15, 0.2) is 0 Å². The van der Waals surface area contributed by atoms with Crippen molar-refractivity contribution < 1.29 is 17.9 Å². The van der Waals surface area contributed by atoms with Crippen molar-refractivity contribution in [3.8, 4) is 11.1 Å². The van der Waals surface area contributed by atoms with Crippen LogP contribution in [0, 0.1) is 6.92 Å². The van der Waals surface area contributed by atoms with Crippen LogP contribution in [0.3, 0.4) is 0 Å². The summed E-state index contributed by atoms with van der Waals surface area (Å²) in [5.41, 5.74) is 4.37. The Labute approximate surface area is 220 Å². The van der Waals surface area contributed by atoms with E-state index < -0.39 is 15.6 Å². The van der Waals surface area contributed by atoms with Gasteiger partial charge in [-0.1, -0.05) is 54.6 Å².